The van der Waals surface area contributed by atoms with Gasteiger partial charge in [-0.15, -0.1) is 5.92 Å². The molecule has 8 rings (SSSR count). The molecular weight excluding hydrogens is 1950 g/mol. The third kappa shape index (κ3) is 30.6. The molecular formula is C93H132IN9O30S3. The van der Waals surface area contributed by atoms with Gasteiger partial charge in [0.25, 0.3) is 11.8 Å². The number of urea groups is 1. The number of hydrogen-bond donors (Lipinski definition) is 12. The lowest BCUT2D eigenvalue weighted by Gasteiger charge is -2.49. The minimum absolute atomic E-state index is 0.0116. The van der Waals surface area contributed by atoms with Gasteiger partial charge in [0.15, 0.2) is 41.9 Å². The molecule has 1 saturated carbocycles. The van der Waals surface area contributed by atoms with Crippen molar-refractivity contribution in [2.45, 2.75) is 286 Å². The topological polar surface area (TPSA) is 523 Å². The Labute approximate surface area is 818 Å². The number of halogens is 1. The van der Waals surface area contributed by atoms with Gasteiger partial charge in [0.05, 0.1) is 96.6 Å². The number of carbonyl (C=O) groups is 11. The first-order valence-electron chi connectivity index (χ1n) is 45.2. The Bertz CT molecular complexity index is 4630. The van der Waals surface area contributed by atoms with Crippen molar-refractivity contribution < 1.29 is 145 Å². The smallest absolute Gasteiger partial charge is 0.407 e. The molecule has 0 spiro atoms. The van der Waals surface area contributed by atoms with Crippen LogP contribution in [0.1, 0.15) is 162 Å². The fourth-order valence-electron chi connectivity index (χ4n) is 16.7. The van der Waals surface area contributed by atoms with Gasteiger partial charge in [-0.1, -0.05) is 117 Å². The van der Waals surface area contributed by atoms with E-state index in [2.05, 4.69) is 55.7 Å². The van der Waals surface area contributed by atoms with Crippen molar-refractivity contribution in [3.8, 4) is 40.9 Å². The summed E-state index contributed by atoms with van der Waals surface area (Å²) in [6.07, 6.45) is -12.9. The number of alkyl carbamates (subject to hydrolysis) is 2. The number of imide groups is 1. The van der Waals surface area contributed by atoms with Crippen LogP contribution in [0, 0.1) is 57.8 Å². The van der Waals surface area contributed by atoms with Crippen LogP contribution in [0.4, 0.5) is 20.1 Å². The van der Waals surface area contributed by atoms with Crippen molar-refractivity contribution in [2.24, 2.45) is 29.4 Å². The SMILES string of the molecule is CC#C/C=C\C#C[C@H](OC1OC(C)C(NOC2CC(O)C(SC(=O)c3c(C)c(I)c(OC4OC(C)C(O)C(OC)C4O)c(OC)c3OC)C(C)O2)C(O)C1OC1CC(OC)C(N(CC)C(=O)CNC(=O)OCc2ccc(NC(=O)[C@H](CCCNC(N)=O)CC(=O)[C@@H](NC(=O)CCCCCN3C(=O)C=CC3=O)C(C)C)cc2)CO1)C1/C(=C\CSSC(C)C)[C@](O)(C(C)C)CC(=O)C1NC(=O)OC. The lowest BCUT2D eigenvalue weighted by molar-refractivity contribution is -0.340. The minimum Gasteiger partial charge on any atom is -0.492 e. The number of hydroxylamine groups is 1. The van der Waals surface area contributed by atoms with Gasteiger partial charge in [0.1, 0.15) is 55.8 Å². The number of rotatable bonds is 45. The summed E-state index contributed by atoms with van der Waals surface area (Å²) >= 11 is 2.76. The van der Waals surface area contributed by atoms with Crippen LogP contribution in [0.2, 0.25) is 0 Å². The monoisotopic (exact) mass is 2080 g/mol. The highest BCUT2D eigenvalue weighted by Crippen LogP contribution is 2.50. The number of nitrogens with zero attached hydrogens (tertiary/aromatic N) is 2. The van der Waals surface area contributed by atoms with E-state index in [9.17, 15) is 78.3 Å². The molecule has 754 valence electrons. The molecule has 43 heteroatoms. The number of likely N-dealkylation sites (N-methyl/N-ethyl adjacent to an activating group) is 1. The number of nitrogens with two attached hydrogens (primary N) is 1. The van der Waals surface area contributed by atoms with E-state index in [1.165, 1.54) is 68.4 Å². The number of allylic oxidation sites excluding steroid dienone is 2. The molecule has 19 unspecified atom stereocenters. The van der Waals surface area contributed by atoms with Crippen LogP contribution in [0.15, 0.2) is 60.2 Å². The van der Waals surface area contributed by atoms with Crippen molar-refractivity contribution in [2.75, 3.05) is 79.4 Å². The average molecular weight is 2080 g/mol. The number of ether oxygens (including phenoxy) is 13. The number of unbranched alkanes of at least 4 members (excludes halogenated alkanes) is 2. The highest BCUT2D eigenvalue weighted by molar-refractivity contribution is 14.1. The molecule has 1 aliphatic carbocycles. The molecule has 5 aliphatic heterocycles. The quantitative estimate of drug-likeness (QED) is 0.00642. The van der Waals surface area contributed by atoms with Crippen molar-refractivity contribution in [3.63, 3.8) is 0 Å². The number of nitrogens with one attached hydrogen (secondary N) is 6. The van der Waals surface area contributed by atoms with Crippen molar-refractivity contribution in [1.29, 1.82) is 0 Å². The third-order valence-electron chi connectivity index (χ3n) is 24.1. The van der Waals surface area contributed by atoms with Gasteiger partial charge in [0.2, 0.25) is 34.9 Å². The molecule has 23 atom stereocenters. The van der Waals surface area contributed by atoms with Gasteiger partial charge in [-0.05, 0) is 143 Å². The Morgan fingerprint density at radius 1 is 0.794 bits per heavy atom. The summed E-state index contributed by atoms with van der Waals surface area (Å²) in [6.45, 7) is 20.3. The second kappa shape index (κ2) is 54.5. The van der Waals surface area contributed by atoms with Crippen LogP contribution < -0.4 is 52.0 Å². The first-order chi connectivity index (χ1) is 64.7. The predicted octanol–water partition coefficient (Wildman–Crippen LogP) is 6.47. The molecule has 5 fully saturated rings. The van der Waals surface area contributed by atoms with Gasteiger partial charge < -0.3 is 124 Å². The third-order valence-corrected chi connectivity index (χ3v) is 29.6. The maximum atomic E-state index is 14.8. The average Bonchev–Trinajstić information content (AvgIpc) is 1.06. The summed E-state index contributed by atoms with van der Waals surface area (Å²) in [5.74, 6) is 5.67. The lowest BCUT2D eigenvalue weighted by Crippen LogP contribution is -2.66. The summed E-state index contributed by atoms with van der Waals surface area (Å²) < 4.78 is 79.8. The largest absolute Gasteiger partial charge is 0.492 e. The molecule has 39 nitrogen and oxygen atoms in total. The zero-order valence-corrected chi connectivity index (χ0v) is 84.3. The van der Waals surface area contributed by atoms with E-state index in [4.69, 9.17) is 72.2 Å². The molecule has 9 amide bonds. The lowest BCUT2D eigenvalue weighted by atomic mass is 9.64. The predicted molar refractivity (Wildman–Crippen MR) is 510 cm³/mol. The number of benzene rings is 2. The molecule has 136 heavy (non-hydrogen) atoms. The van der Waals surface area contributed by atoms with Gasteiger partial charge in [-0.3, -0.25) is 48.1 Å². The molecule has 6 aliphatic rings. The Morgan fingerprint density at radius 3 is 2.11 bits per heavy atom. The van der Waals surface area contributed by atoms with Crippen LogP contribution in [0.3, 0.4) is 0 Å². The number of ketones is 2. The Hall–Kier alpha value is -8.27. The highest BCUT2D eigenvalue weighted by Gasteiger charge is 2.57. The molecule has 2 aromatic carbocycles. The standard InChI is InChI=1S/C93H132IN9O30S3/c1-18-20-21-22-24-29-63(72-58(37-40-134-136-50(7)8)93(119,49(5)6)44-62(106)76(72)100-92(118)124-17)130-89-83(78(112)75(52(10)128-89)101-133-70-42-61(105)85(54(12)127-70)135-87(115)71-51(9)73(94)81(84(123-16)80(71)121-14)132-88-79(113)82(122-15)77(111)53(11)129-88)131-69-43-64(120-13)59(47-125-69)102(19-2)68(110)45-97-91(117)126-46-55-31-33-57(34-32-55)98-86(114)56(28-27-38-96-90(95)116)41-60(104)74(48(3)4)99-65(107)30-25-23-26-39-103-66(108)35-36-67(103)109/h21-22,31-37,48-50,52-54,56,59,61,63-64,69-70,72,74-79,82-83,85,88-89,101,105,111-113,119H,19,23,25-28,30,38-47H2,1-17H3,(H,97,117)(H,98,114)(H,99,107)(H,100,118)(H3,95,96,116)/b22-21-,58-37+/t52?,53?,54?,56-,59?,61?,63+,64?,69?,70?,72?,74+,75?,76?,77?,78?,79?,82?,83?,85?,88?,89?,93-/m1/s1. The molecule has 0 bridgehead atoms. The van der Waals surface area contributed by atoms with Crippen LogP contribution in [0.25, 0.3) is 0 Å². The summed E-state index contributed by atoms with van der Waals surface area (Å²) in [4.78, 5) is 156. The van der Waals surface area contributed by atoms with Crippen LogP contribution in [-0.2, 0) is 92.4 Å². The van der Waals surface area contributed by atoms with E-state index >= 15 is 0 Å². The summed E-state index contributed by atoms with van der Waals surface area (Å²) in [5, 5.41) is 71.9. The number of methoxy groups -OCH3 is 5. The fourth-order valence-corrected chi connectivity index (χ4v) is 20.3. The van der Waals surface area contributed by atoms with Gasteiger partial charge in [-0.2, -0.15) is 5.48 Å². The van der Waals surface area contributed by atoms with Crippen LogP contribution >= 0.6 is 55.9 Å². The van der Waals surface area contributed by atoms with E-state index in [1.54, 1.807) is 110 Å². The molecule has 2 aromatic rings. The summed E-state index contributed by atoms with van der Waals surface area (Å²) in [7, 11) is 9.63. The van der Waals surface area contributed by atoms with Gasteiger partial charge in [-0.25, -0.2) is 14.4 Å². The van der Waals surface area contributed by atoms with E-state index in [0.29, 0.717) is 51.0 Å². The number of amides is 9. The first-order valence-corrected chi connectivity index (χ1v) is 49.6. The maximum Gasteiger partial charge on any atom is 0.407 e. The second-order valence-electron chi connectivity index (χ2n) is 34.4. The Balaban J connectivity index is 0.969. The van der Waals surface area contributed by atoms with Gasteiger partial charge >= 0.3 is 18.2 Å². The number of primary amides is 1. The maximum absolute atomic E-state index is 14.8. The molecule has 0 aromatic heterocycles. The Kier molecular flexibility index (Phi) is 45.3. The molecule has 13 N–H and O–H groups in total. The minimum atomic E-state index is -1.83. The number of thioether (sulfide) groups is 1. The normalized spacial score (nSPS) is 27.7. The number of Topliss-reactive ketones (excluding diaryl/α,β-unsaturated/α-hetero) is 2. The summed E-state index contributed by atoms with van der Waals surface area (Å²) in [5.41, 5.74) is 7.95. The zero-order valence-electron chi connectivity index (χ0n) is 79.7. The second-order valence-corrected chi connectivity index (χ2v) is 39.7. The number of carbonyl (C=O) groups excluding carboxylic acids is 11. The number of anilines is 1. The Morgan fingerprint density at radius 2 is 1.49 bits per heavy atom. The van der Waals surface area contributed by atoms with E-state index in [1.807, 2.05) is 36.4 Å². The number of hydrogen-bond acceptors (Lipinski definition) is 34. The van der Waals surface area contributed by atoms with Crippen molar-refractivity contribution in [3.05, 3.63) is 80.5 Å². The fraction of sp³-hybridized carbons (Fsp3) is 0.645. The first kappa shape index (κ1) is 113. The molecule has 0 radical (unpaired) electrons. The number of aliphatic hydroxyl groups excluding tert-OH is 4. The van der Waals surface area contributed by atoms with Crippen LogP contribution in [-0.4, -0.2) is 306 Å². The van der Waals surface area contributed by atoms with E-state index < -0.39 is 199 Å². The van der Waals surface area contributed by atoms with Crippen molar-refractivity contribution in [1.82, 2.24) is 36.5 Å². The van der Waals surface area contributed by atoms with Gasteiger partial charge in [0, 0.05) is 107 Å². The van der Waals surface area contributed by atoms with Crippen molar-refractivity contribution >= 4 is 126 Å². The molecule has 5 heterocycles. The summed E-state index contributed by atoms with van der Waals surface area (Å²) in [6, 6.07) is 1.09. The zero-order chi connectivity index (χ0) is 100. The van der Waals surface area contributed by atoms with E-state index in [-0.39, 0.29) is 129 Å². The molecule has 4 saturated heterocycles. The number of aliphatic hydroxyl groups is 5. The highest BCUT2D eigenvalue weighted by atomic mass is 127. The van der Waals surface area contributed by atoms with Crippen LogP contribution in [0.5, 0.6) is 17.2 Å². The van der Waals surface area contributed by atoms with E-state index in [0.717, 1.165) is 23.8 Å².